The van der Waals surface area contributed by atoms with Gasteiger partial charge >= 0.3 is 15.6 Å². The first-order valence-electron chi connectivity index (χ1n) is 6.71. The fourth-order valence-electron chi connectivity index (χ4n) is 1.82. The van der Waals surface area contributed by atoms with Crippen LogP contribution in [0.5, 0.6) is 5.75 Å². The first-order valence-corrected chi connectivity index (χ1v) is 11.6. The van der Waals surface area contributed by atoms with E-state index in [2.05, 4.69) is 4.18 Å². The van der Waals surface area contributed by atoms with Crippen molar-refractivity contribution in [2.75, 3.05) is 0 Å². The molecule has 0 N–H and O–H groups in total. The van der Waals surface area contributed by atoms with E-state index in [4.69, 9.17) is 0 Å². The number of hydrogen-bond acceptors (Lipinski definition) is 3. The van der Waals surface area contributed by atoms with E-state index in [0.717, 1.165) is 5.56 Å². The number of alkyl halides is 3. The lowest BCUT2D eigenvalue weighted by atomic mass is 9.87. The fourth-order valence-corrected chi connectivity index (χ4v) is 3.83. The molecular formula is C14H21F3O3SSi. The van der Waals surface area contributed by atoms with Crippen LogP contribution in [0.1, 0.15) is 26.3 Å². The van der Waals surface area contributed by atoms with Crippen molar-refractivity contribution in [1.82, 2.24) is 0 Å². The highest BCUT2D eigenvalue weighted by molar-refractivity contribution is 7.88. The van der Waals surface area contributed by atoms with E-state index in [1.165, 1.54) is 6.07 Å². The van der Waals surface area contributed by atoms with Crippen molar-refractivity contribution < 1.29 is 25.8 Å². The van der Waals surface area contributed by atoms with Gasteiger partial charge in [0.25, 0.3) is 0 Å². The Morgan fingerprint density at radius 3 is 1.91 bits per heavy atom. The minimum Gasteiger partial charge on any atom is -0.376 e. The van der Waals surface area contributed by atoms with E-state index >= 15 is 0 Å². The van der Waals surface area contributed by atoms with Crippen LogP contribution < -0.4 is 9.37 Å². The molecule has 1 aromatic rings. The molecule has 0 bridgehead atoms. The topological polar surface area (TPSA) is 43.4 Å². The standard InChI is InChI=1S/C14H21F3O3SSi/c1-13(2,3)10-7-8-11(12(9-10)22(4,5)6)20-21(18,19)14(15,16)17/h7-9H,1-6H3. The second-order valence-electron chi connectivity index (χ2n) is 7.19. The molecule has 0 heterocycles. The Hall–Kier alpha value is -1.02. The van der Waals surface area contributed by atoms with Crippen LogP contribution in [-0.4, -0.2) is 22.0 Å². The van der Waals surface area contributed by atoms with Crippen molar-refractivity contribution >= 4 is 23.4 Å². The van der Waals surface area contributed by atoms with E-state index in [1.54, 1.807) is 12.1 Å². The van der Waals surface area contributed by atoms with E-state index in [1.807, 2.05) is 40.4 Å². The molecule has 0 saturated heterocycles. The zero-order valence-electron chi connectivity index (χ0n) is 13.5. The van der Waals surface area contributed by atoms with Crippen LogP contribution in [0.25, 0.3) is 0 Å². The monoisotopic (exact) mass is 354 g/mol. The highest BCUT2D eigenvalue weighted by Crippen LogP contribution is 2.29. The van der Waals surface area contributed by atoms with Crippen molar-refractivity contribution in [3.05, 3.63) is 23.8 Å². The Labute approximate surface area is 130 Å². The van der Waals surface area contributed by atoms with Crippen molar-refractivity contribution in [2.24, 2.45) is 0 Å². The van der Waals surface area contributed by atoms with Gasteiger partial charge in [0.2, 0.25) is 0 Å². The van der Waals surface area contributed by atoms with Crippen molar-refractivity contribution in [3.8, 4) is 5.75 Å². The lowest BCUT2D eigenvalue weighted by Gasteiger charge is -2.26. The molecule has 0 aliphatic carbocycles. The van der Waals surface area contributed by atoms with Crippen LogP contribution in [0.3, 0.4) is 0 Å². The summed E-state index contributed by atoms with van der Waals surface area (Å²) in [5.74, 6) is -0.232. The molecule has 0 aliphatic rings. The third-order valence-corrected chi connectivity index (χ3v) is 6.11. The smallest absolute Gasteiger partial charge is 0.376 e. The molecule has 0 unspecified atom stereocenters. The molecule has 1 aromatic carbocycles. The maximum absolute atomic E-state index is 12.5. The van der Waals surface area contributed by atoms with Crippen LogP contribution in [0, 0.1) is 0 Å². The quantitative estimate of drug-likeness (QED) is 0.472. The zero-order chi connectivity index (χ0) is 17.6. The van der Waals surface area contributed by atoms with Gasteiger partial charge in [0.05, 0.1) is 8.07 Å². The van der Waals surface area contributed by atoms with Gasteiger partial charge in [-0.2, -0.15) is 21.6 Å². The molecule has 1 rings (SSSR count). The average molecular weight is 354 g/mol. The van der Waals surface area contributed by atoms with Gasteiger partial charge in [0.15, 0.2) is 0 Å². The van der Waals surface area contributed by atoms with Gasteiger partial charge in [0.1, 0.15) is 5.75 Å². The Kier molecular flexibility index (Phi) is 4.81. The van der Waals surface area contributed by atoms with E-state index in [-0.39, 0.29) is 11.2 Å². The number of rotatable bonds is 3. The Bertz CT molecular complexity index is 653. The van der Waals surface area contributed by atoms with Gasteiger partial charge in [-0.25, -0.2) is 0 Å². The Morgan fingerprint density at radius 1 is 1.05 bits per heavy atom. The summed E-state index contributed by atoms with van der Waals surface area (Å²) in [5, 5.41) is 0.549. The summed E-state index contributed by atoms with van der Waals surface area (Å²) in [6.07, 6.45) is 0. The number of hydrogen-bond donors (Lipinski definition) is 0. The van der Waals surface area contributed by atoms with E-state index in [9.17, 15) is 21.6 Å². The minimum atomic E-state index is -5.66. The Balaban J connectivity index is 3.45. The van der Waals surface area contributed by atoms with Crippen LogP contribution in [0.2, 0.25) is 19.6 Å². The molecule has 0 aromatic heterocycles. The molecule has 0 saturated carbocycles. The second kappa shape index (κ2) is 5.56. The highest BCUT2D eigenvalue weighted by atomic mass is 32.2. The van der Waals surface area contributed by atoms with Crippen LogP contribution in [0.4, 0.5) is 13.2 Å². The minimum absolute atomic E-state index is 0.199. The van der Waals surface area contributed by atoms with Crippen LogP contribution >= 0.6 is 0 Å². The summed E-state index contributed by atoms with van der Waals surface area (Å²) in [4.78, 5) is 0. The van der Waals surface area contributed by atoms with Crippen LogP contribution in [0.15, 0.2) is 18.2 Å². The number of benzene rings is 1. The largest absolute Gasteiger partial charge is 0.534 e. The van der Waals surface area contributed by atoms with E-state index in [0.29, 0.717) is 5.19 Å². The summed E-state index contributed by atoms with van der Waals surface area (Å²) < 4.78 is 64.4. The summed E-state index contributed by atoms with van der Waals surface area (Å²) in [5.41, 5.74) is -4.72. The van der Waals surface area contributed by atoms with Crippen LogP contribution in [-0.2, 0) is 15.5 Å². The third-order valence-electron chi connectivity index (χ3n) is 3.14. The molecule has 8 heteroatoms. The molecule has 0 amide bonds. The van der Waals surface area contributed by atoms with Gasteiger partial charge in [-0.1, -0.05) is 52.5 Å². The second-order valence-corrected chi connectivity index (χ2v) is 13.8. The molecule has 3 nitrogen and oxygen atoms in total. The fraction of sp³-hybridized carbons (Fsp3) is 0.571. The first kappa shape index (κ1) is 19.0. The molecule has 0 aliphatic heterocycles. The molecule has 0 fully saturated rings. The van der Waals surface area contributed by atoms with Crippen molar-refractivity contribution in [1.29, 1.82) is 0 Å². The maximum Gasteiger partial charge on any atom is 0.534 e. The SMILES string of the molecule is CC(C)(C)c1ccc(OS(=O)(=O)C(F)(F)F)c([Si](C)(C)C)c1. The van der Waals surface area contributed by atoms with Gasteiger partial charge in [-0.3, -0.25) is 0 Å². The summed E-state index contributed by atoms with van der Waals surface area (Å²) in [6.45, 7) is 11.7. The highest BCUT2D eigenvalue weighted by Gasteiger charge is 2.49. The lowest BCUT2D eigenvalue weighted by Crippen LogP contribution is -2.41. The molecular weight excluding hydrogens is 333 g/mol. The Morgan fingerprint density at radius 2 is 1.55 bits per heavy atom. The molecule has 0 spiro atoms. The van der Waals surface area contributed by atoms with Gasteiger partial charge < -0.3 is 4.18 Å². The normalized spacial score (nSPS) is 14.0. The lowest BCUT2D eigenvalue weighted by molar-refractivity contribution is -0.0499. The van der Waals surface area contributed by atoms with Gasteiger partial charge in [-0.15, -0.1) is 0 Å². The van der Waals surface area contributed by atoms with Gasteiger partial charge in [-0.05, 0) is 22.2 Å². The average Bonchev–Trinajstić information content (AvgIpc) is 2.24. The molecule has 0 radical (unpaired) electrons. The van der Waals surface area contributed by atoms with E-state index < -0.39 is 23.7 Å². The predicted molar refractivity (Wildman–Crippen MR) is 83.7 cm³/mol. The molecule has 0 atom stereocenters. The molecule has 126 valence electrons. The first-order chi connectivity index (χ1) is 9.56. The molecule has 22 heavy (non-hydrogen) atoms. The predicted octanol–water partition coefficient (Wildman–Crippen LogP) is 3.76. The van der Waals surface area contributed by atoms with Crippen molar-refractivity contribution in [2.45, 2.75) is 51.3 Å². The number of halogens is 3. The summed E-state index contributed by atoms with van der Waals surface area (Å²) in [7, 11) is -7.76. The summed E-state index contributed by atoms with van der Waals surface area (Å²) >= 11 is 0. The van der Waals surface area contributed by atoms with Crippen molar-refractivity contribution in [3.63, 3.8) is 0 Å². The zero-order valence-corrected chi connectivity index (χ0v) is 15.3. The van der Waals surface area contributed by atoms with Gasteiger partial charge in [0, 0.05) is 0 Å². The maximum atomic E-state index is 12.5. The third kappa shape index (κ3) is 4.25. The summed E-state index contributed by atoms with van der Waals surface area (Å²) in [6, 6.07) is 4.68.